The fourth-order valence-electron chi connectivity index (χ4n) is 6.27. The van der Waals surface area contributed by atoms with E-state index in [0.29, 0.717) is 21.9 Å². The minimum Gasteiger partial charge on any atom is -0.456 e. The van der Waals surface area contributed by atoms with E-state index in [4.69, 9.17) is 9.84 Å². The minimum atomic E-state index is -1.11. The van der Waals surface area contributed by atoms with Gasteiger partial charge in [0.25, 0.3) is 5.91 Å². The van der Waals surface area contributed by atoms with Gasteiger partial charge in [-0.1, -0.05) is 41.7 Å². The van der Waals surface area contributed by atoms with Crippen molar-refractivity contribution < 1.29 is 14.5 Å². The molecule has 6 rings (SSSR count). The van der Waals surface area contributed by atoms with E-state index in [1.807, 2.05) is 48.5 Å². The number of anilines is 2. The Morgan fingerprint density at radius 3 is 1.98 bits per heavy atom. The molecule has 0 saturated carbocycles. The molecular formula is C33H33N5O4S. The Labute approximate surface area is 254 Å². The van der Waals surface area contributed by atoms with Crippen LogP contribution in [0.4, 0.5) is 16.4 Å². The molecule has 0 aliphatic carbocycles. The SMILES string of the molecule is CCN(CC)c1ccc2c(c1)Oc1cc(N(CC)CC)ccc1C21c2ccccc2C(=O)N1/N=C/c1ccc([N+](=O)[O-])s1. The highest BCUT2D eigenvalue weighted by Gasteiger charge is 2.57. The first-order chi connectivity index (χ1) is 20.9. The Hall–Kier alpha value is -4.70. The van der Waals surface area contributed by atoms with E-state index in [1.165, 1.54) is 17.3 Å². The van der Waals surface area contributed by atoms with Crippen molar-refractivity contribution in [3.63, 3.8) is 0 Å². The lowest BCUT2D eigenvalue weighted by Gasteiger charge is -2.42. The van der Waals surface area contributed by atoms with Crippen LogP contribution in [0.15, 0.2) is 77.9 Å². The number of fused-ring (bicyclic) bond motifs is 6. The van der Waals surface area contributed by atoms with E-state index < -0.39 is 10.5 Å². The van der Waals surface area contributed by atoms with E-state index in [1.54, 1.807) is 6.07 Å². The Morgan fingerprint density at radius 1 is 0.860 bits per heavy atom. The quantitative estimate of drug-likeness (QED) is 0.115. The van der Waals surface area contributed by atoms with Crippen molar-refractivity contribution in [3.05, 3.63) is 110 Å². The fraction of sp³-hybridized carbons (Fsp3) is 0.273. The van der Waals surface area contributed by atoms with Crippen molar-refractivity contribution in [3.8, 4) is 11.5 Å². The second-order valence-electron chi connectivity index (χ2n) is 10.4. The minimum absolute atomic E-state index is 0.0156. The van der Waals surface area contributed by atoms with Gasteiger partial charge < -0.3 is 14.5 Å². The number of rotatable bonds is 9. The molecule has 0 saturated heterocycles. The van der Waals surface area contributed by atoms with Crippen molar-refractivity contribution in [2.24, 2.45) is 5.10 Å². The lowest BCUT2D eigenvalue weighted by Crippen LogP contribution is -2.44. The number of nitrogens with zero attached hydrogens (tertiary/aromatic N) is 5. The highest BCUT2D eigenvalue weighted by molar-refractivity contribution is 7.16. The Bertz CT molecular complexity index is 1680. The van der Waals surface area contributed by atoms with Crippen LogP contribution in [0.25, 0.3) is 0 Å². The predicted octanol–water partition coefficient (Wildman–Crippen LogP) is 7.24. The molecule has 0 N–H and O–H groups in total. The van der Waals surface area contributed by atoms with Crippen LogP contribution in [0.2, 0.25) is 0 Å². The van der Waals surface area contributed by atoms with Gasteiger partial charge in [0.15, 0.2) is 0 Å². The van der Waals surface area contributed by atoms with Crippen LogP contribution in [0.1, 0.15) is 59.6 Å². The van der Waals surface area contributed by atoms with Crippen LogP contribution in [0.3, 0.4) is 0 Å². The van der Waals surface area contributed by atoms with Gasteiger partial charge in [-0.25, -0.2) is 5.01 Å². The molecule has 220 valence electrons. The van der Waals surface area contributed by atoms with E-state index >= 15 is 0 Å². The van der Waals surface area contributed by atoms with Gasteiger partial charge in [-0.05, 0) is 52.0 Å². The van der Waals surface area contributed by atoms with E-state index in [0.717, 1.165) is 65.6 Å². The molecule has 10 heteroatoms. The van der Waals surface area contributed by atoms with Crippen LogP contribution in [-0.4, -0.2) is 48.2 Å². The molecule has 1 amide bonds. The van der Waals surface area contributed by atoms with Crippen LogP contribution < -0.4 is 14.5 Å². The van der Waals surface area contributed by atoms with Crippen molar-refractivity contribution in [1.29, 1.82) is 0 Å². The van der Waals surface area contributed by atoms with Gasteiger partial charge in [-0.3, -0.25) is 14.9 Å². The first-order valence-corrected chi connectivity index (χ1v) is 15.4. The Balaban J connectivity index is 1.62. The molecule has 0 unspecified atom stereocenters. The second kappa shape index (κ2) is 11.2. The summed E-state index contributed by atoms with van der Waals surface area (Å²) in [5, 5.41) is 17.6. The van der Waals surface area contributed by atoms with E-state index in [9.17, 15) is 14.9 Å². The van der Waals surface area contributed by atoms with Gasteiger partial charge in [0.1, 0.15) is 17.0 Å². The van der Waals surface area contributed by atoms with Crippen molar-refractivity contribution in [2.45, 2.75) is 33.2 Å². The molecular weight excluding hydrogens is 562 g/mol. The Morgan fingerprint density at radius 2 is 1.44 bits per heavy atom. The lowest BCUT2D eigenvalue weighted by molar-refractivity contribution is -0.380. The van der Waals surface area contributed by atoms with Crippen molar-refractivity contribution in [1.82, 2.24) is 5.01 Å². The number of carbonyl (C=O) groups is 1. The molecule has 0 atom stereocenters. The fourth-order valence-corrected chi connectivity index (χ4v) is 6.96. The van der Waals surface area contributed by atoms with Crippen LogP contribution >= 0.6 is 11.3 Å². The lowest BCUT2D eigenvalue weighted by atomic mass is 9.75. The zero-order valence-electron chi connectivity index (χ0n) is 24.6. The Kier molecular flexibility index (Phi) is 7.39. The maximum Gasteiger partial charge on any atom is 0.324 e. The molecule has 0 fully saturated rings. The van der Waals surface area contributed by atoms with E-state index in [2.05, 4.69) is 49.6 Å². The summed E-state index contributed by atoms with van der Waals surface area (Å²) in [5.74, 6) is 1.06. The third-order valence-electron chi connectivity index (χ3n) is 8.34. The van der Waals surface area contributed by atoms with Gasteiger partial charge in [0, 0.05) is 78.0 Å². The average molecular weight is 596 g/mol. The zero-order valence-corrected chi connectivity index (χ0v) is 25.4. The third kappa shape index (κ3) is 4.44. The summed E-state index contributed by atoms with van der Waals surface area (Å²) in [5.41, 5.74) is 3.92. The smallest absolute Gasteiger partial charge is 0.324 e. The molecule has 4 aromatic rings. The van der Waals surface area contributed by atoms with Gasteiger partial charge in [-0.15, -0.1) is 0 Å². The van der Waals surface area contributed by atoms with Crippen LogP contribution in [0, 0.1) is 10.1 Å². The number of hydrogen-bond donors (Lipinski definition) is 0. The summed E-state index contributed by atoms with van der Waals surface area (Å²) in [7, 11) is 0. The molecule has 3 heterocycles. The largest absolute Gasteiger partial charge is 0.456 e. The molecule has 0 bridgehead atoms. The molecule has 1 aromatic heterocycles. The number of thiophene rings is 1. The topological polar surface area (TPSA) is 91.5 Å². The molecule has 9 nitrogen and oxygen atoms in total. The van der Waals surface area contributed by atoms with E-state index in [-0.39, 0.29) is 10.9 Å². The summed E-state index contributed by atoms with van der Waals surface area (Å²) >= 11 is 1.01. The number of ether oxygens (including phenoxy) is 1. The summed E-state index contributed by atoms with van der Waals surface area (Å²) in [6.45, 7) is 11.8. The molecule has 3 aromatic carbocycles. The molecule has 43 heavy (non-hydrogen) atoms. The highest BCUT2D eigenvalue weighted by atomic mass is 32.1. The van der Waals surface area contributed by atoms with Crippen molar-refractivity contribution in [2.75, 3.05) is 36.0 Å². The predicted molar refractivity (Wildman–Crippen MR) is 171 cm³/mol. The molecule has 0 radical (unpaired) electrons. The summed E-state index contributed by atoms with van der Waals surface area (Å²) in [6.07, 6.45) is 1.53. The number of amides is 1. The summed E-state index contributed by atoms with van der Waals surface area (Å²) in [4.78, 5) is 30.2. The number of nitro groups is 1. The normalized spacial score (nSPS) is 14.4. The van der Waals surface area contributed by atoms with Gasteiger partial charge in [0.05, 0.1) is 16.0 Å². The van der Waals surface area contributed by atoms with Gasteiger partial charge in [-0.2, -0.15) is 5.10 Å². The average Bonchev–Trinajstić information content (AvgIpc) is 3.59. The second-order valence-corrected chi connectivity index (χ2v) is 11.5. The highest BCUT2D eigenvalue weighted by Crippen LogP contribution is 2.58. The van der Waals surface area contributed by atoms with Gasteiger partial charge in [0.2, 0.25) is 0 Å². The molecule has 2 aliphatic rings. The summed E-state index contributed by atoms with van der Waals surface area (Å²) in [6, 6.07) is 23.0. The first-order valence-electron chi connectivity index (χ1n) is 14.6. The third-order valence-corrected chi connectivity index (χ3v) is 9.31. The molecule has 2 aliphatic heterocycles. The first kappa shape index (κ1) is 28.4. The zero-order chi connectivity index (χ0) is 30.3. The number of hydrogen-bond acceptors (Lipinski definition) is 8. The number of carbonyl (C=O) groups excluding carboxylic acids is 1. The van der Waals surface area contributed by atoms with Crippen LogP contribution in [0.5, 0.6) is 11.5 Å². The molecule has 1 spiro atoms. The maximum absolute atomic E-state index is 14.2. The standard InChI is InChI=1S/C33H33N5O4S/c1-5-35(6-2)22-13-16-27-29(19-22)42-30-20-23(36(7-3)8-4)14-17-28(30)33(27)26-12-10-9-11-25(26)32(39)37(33)34-21-24-15-18-31(43-24)38(40)41/h9-21H,5-8H2,1-4H3/b34-21+. The number of hydrazone groups is 1. The monoisotopic (exact) mass is 595 g/mol. The maximum atomic E-state index is 14.2. The summed E-state index contributed by atoms with van der Waals surface area (Å²) < 4.78 is 6.70. The van der Waals surface area contributed by atoms with Crippen LogP contribution in [-0.2, 0) is 5.54 Å². The van der Waals surface area contributed by atoms with Gasteiger partial charge >= 0.3 is 5.00 Å². The number of benzene rings is 3. The van der Waals surface area contributed by atoms with Crippen molar-refractivity contribution >= 4 is 39.8 Å².